The number of nitrogens with zero attached hydrogens (tertiary/aromatic N) is 2. The standard InChI is InChI=1S/C30H28ClFN4O5S/c1-21(30(38)34-18-23-3-2-16-33-17-23)36(19-22-4-6-24(31)7-5-22)29(37)20-41-27-12-14-28(15-13-27)42(39,40)35-26-10-8-25(32)9-11-26/h2-17,21,35H,18-20H2,1H3,(H,34,38)/t21-/m1/s1. The topological polar surface area (TPSA) is 118 Å². The van der Waals surface area contributed by atoms with Crippen molar-refractivity contribution in [2.75, 3.05) is 11.3 Å². The molecular formula is C30H28ClFN4O5S. The van der Waals surface area contributed by atoms with Crippen LogP contribution in [0.2, 0.25) is 5.02 Å². The molecule has 0 aliphatic heterocycles. The van der Waals surface area contributed by atoms with Crippen molar-refractivity contribution >= 4 is 39.1 Å². The van der Waals surface area contributed by atoms with Gasteiger partial charge < -0.3 is 15.0 Å². The molecule has 0 fully saturated rings. The number of anilines is 1. The Bertz CT molecular complexity index is 1600. The van der Waals surface area contributed by atoms with Gasteiger partial charge in [0.05, 0.1) is 4.90 Å². The molecule has 9 nitrogen and oxygen atoms in total. The van der Waals surface area contributed by atoms with E-state index in [1.807, 2.05) is 6.07 Å². The number of rotatable bonds is 12. The maximum atomic E-state index is 13.3. The zero-order valence-electron chi connectivity index (χ0n) is 22.5. The number of amides is 2. The second-order valence-corrected chi connectivity index (χ2v) is 11.4. The van der Waals surface area contributed by atoms with Crippen molar-refractivity contribution in [1.82, 2.24) is 15.2 Å². The minimum atomic E-state index is -3.93. The quantitative estimate of drug-likeness (QED) is 0.238. The molecule has 4 rings (SSSR count). The lowest BCUT2D eigenvalue weighted by molar-refractivity contribution is -0.142. The average molecular weight is 611 g/mol. The number of pyridine rings is 1. The third-order valence-electron chi connectivity index (χ3n) is 6.22. The lowest BCUT2D eigenvalue weighted by Gasteiger charge is -2.28. The molecule has 1 heterocycles. The van der Waals surface area contributed by atoms with Crippen LogP contribution < -0.4 is 14.8 Å². The van der Waals surface area contributed by atoms with Gasteiger partial charge in [0.15, 0.2) is 6.61 Å². The van der Waals surface area contributed by atoms with E-state index in [2.05, 4.69) is 15.0 Å². The van der Waals surface area contributed by atoms with Crippen molar-refractivity contribution in [1.29, 1.82) is 0 Å². The summed E-state index contributed by atoms with van der Waals surface area (Å²) in [6.07, 6.45) is 3.28. The van der Waals surface area contributed by atoms with Crippen molar-refractivity contribution in [3.8, 4) is 5.75 Å². The van der Waals surface area contributed by atoms with Crippen LogP contribution >= 0.6 is 11.6 Å². The summed E-state index contributed by atoms with van der Waals surface area (Å²) in [4.78, 5) is 31.7. The number of nitrogens with one attached hydrogen (secondary N) is 2. The number of benzene rings is 3. The van der Waals surface area contributed by atoms with Gasteiger partial charge in [0, 0.05) is 36.2 Å². The molecule has 4 aromatic rings. The van der Waals surface area contributed by atoms with Gasteiger partial charge in [0.2, 0.25) is 5.91 Å². The minimum Gasteiger partial charge on any atom is -0.484 e. The SMILES string of the molecule is C[C@H](C(=O)NCc1cccnc1)N(Cc1ccc(Cl)cc1)C(=O)COc1ccc(S(=O)(=O)Nc2ccc(F)cc2)cc1. The van der Waals surface area contributed by atoms with Gasteiger partial charge in [-0.15, -0.1) is 0 Å². The Labute approximate surface area is 248 Å². The highest BCUT2D eigenvalue weighted by Crippen LogP contribution is 2.20. The van der Waals surface area contributed by atoms with Crippen molar-refractivity contribution in [2.24, 2.45) is 0 Å². The fraction of sp³-hybridized carbons (Fsp3) is 0.167. The number of sulfonamides is 1. The van der Waals surface area contributed by atoms with Gasteiger partial charge in [-0.1, -0.05) is 29.8 Å². The van der Waals surface area contributed by atoms with E-state index in [-0.39, 0.29) is 35.3 Å². The van der Waals surface area contributed by atoms with E-state index in [0.29, 0.717) is 5.02 Å². The first-order valence-corrected chi connectivity index (χ1v) is 14.7. The van der Waals surface area contributed by atoms with Gasteiger partial charge in [0.1, 0.15) is 17.6 Å². The summed E-state index contributed by atoms with van der Waals surface area (Å²) in [7, 11) is -3.93. The normalized spacial score (nSPS) is 11.8. The van der Waals surface area contributed by atoms with E-state index in [1.54, 1.807) is 49.6 Å². The molecule has 42 heavy (non-hydrogen) atoms. The molecule has 1 atom stereocenters. The van der Waals surface area contributed by atoms with Crippen LogP contribution in [0, 0.1) is 5.82 Å². The summed E-state index contributed by atoms with van der Waals surface area (Å²) < 4.78 is 46.5. The van der Waals surface area contributed by atoms with E-state index in [0.717, 1.165) is 23.3 Å². The Kier molecular flexibility index (Phi) is 10.1. The van der Waals surface area contributed by atoms with Gasteiger partial charge in [0.25, 0.3) is 15.9 Å². The molecule has 0 unspecified atom stereocenters. The lowest BCUT2D eigenvalue weighted by atomic mass is 10.1. The fourth-order valence-electron chi connectivity index (χ4n) is 3.88. The van der Waals surface area contributed by atoms with Crippen LogP contribution in [0.3, 0.4) is 0 Å². The molecule has 0 bridgehead atoms. The van der Waals surface area contributed by atoms with Crippen LogP contribution in [-0.2, 0) is 32.7 Å². The first kappa shape index (κ1) is 30.5. The predicted octanol–water partition coefficient (Wildman–Crippen LogP) is 4.79. The molecule has 0 aliphatic rings. The number of carbonyl (C=O) groups excluding carboxylic acids is 2. The molecule has 0 aliphatic carbocycles. The molecule has 0 spiro atoms. The van der Waals surface area contributed by atoms with E-state index in [9.17, 15) is 22.4 Å². The minimum absolute atomic E-state index is 0.0474. The molecule has 12 heteroatoms. The molecule has 2 amide bonds. The molecular weight excluding hydrogens is 583 g/mol. The summed E-state index contributed by atoms with van der Waals surface area (Å²) in [6.45, 7) is 1.61. The van der Waals surface area contributed by atoms with Crippen LogP contribution in [0.4, 0.5) is 10.1 Å². The van der Waals surface area contributed by atoms with E-state index in [4.69, 9.17) is 16.3 Å². The van der Waals surface area contributed by atoms with Gasteiger partial charge in [-0.05, 0) is 84.8 Å². The Hall–Kier alpha value is -4.48. The van der Waals surface area contributed by atoms with Crippen molar-refractivity contribution in [2.45, 2.75) is 31.0 Å². The summed E-state index contributed by atoms with van der Waals surface area (Å²) in [5.41, 5.74) is 1.79. The fourth-order valence-corrected chi connectivity index (χ4v) is 5.07. The Morgan fingerprint density at radius 3 is 2.31 bits per heavy atom. The lowest BCUT2D eigenvalue weighted by Crippen LogP contribution is -2.48. The number of carbonyl (C=O) groups is 2. The summed E-state index contributed by atoms with van der Waals surface area (Å²) in [5, 5.41) is 3.37. The molecule has 0 saturated heterocycles. The molecule has 0 saturated carbocycles. The maximum Gasteiger partial charge on any atom is 0.261 e. The Morgan fingerprint density at radius 2 is 1.67 bits per heavy atom. The van der Waals surface area contributed by atoms with E-state index >= 15 is 0 Å². The molecule has 2 N–H and O–H groups in total. The van der Waals surface area contributed by atoms with Gasteiger partial charge in [-0.3, -0.25) is 19.3 Å². The zero-order valence-corrected chi connectivity index (χ0v) is 24.1. The first-order chi connectivity index (χ1) is 20.1. The number of ether oxygens (including phenoxy) is 1. The Morgan fingerprint density at radius 1 is 0.976 bits per heavy atom. The maximum absolute atomic E-state index is 13.3. The van der Waals surface area contributed by atoms with Crippen LogP contribution in [0.15, 0.2) is 102 Å². The van der Waals surface area contributed by atoms with E-state index in [1.165, 1.54) is 41.3 Å². The summed E-state index contributed by atoms with van der Waals surface area (Å²) in [6, 6.07) is 20.1. The van der Waals surface area contributed by atoms with Crippen LogP contribution in [0.1, 0.15) is 18.1 Å². The highest BCUT2D eigenvalue weighted by molar-refractivity contribution is 7.92. The van der Waals surface area contributed by atoms with Crippen molar-refractivity contribution in [3.05, 3.63) is 119 Å². The molecule has 0 radical (unpaired) electrons. The van der Waals surface area contributed by atoms with Gasteiger partial charge in [-0.25, -0.2) is 12.8 Å². The molecule has 218 valence electrons. The number of hydrogen-bond donors (Lipinski definition) is 2. The summed E-state index contributed by atoms with van der Waals surface area (Å²) >= 11 is 6.00. The van der Waals surface area contributed by atoms with Crippen molar-refractivity contribution in [3.63, 3.8) is 0 Å². The molecule has 1 aromatic heterocycles. The van der Waals surface area contributed by atoms with Gasteiger partial charge in [-0.2, -0.15) is 0 Å². The highest BCUT2D eigenvalue weighted by Gasteiger charge is 2.26. The second kappa shape index (κ2) is 13.9. The number of hydrogen-bond acceptors (Lipinski definition) is 6. The largest absolute Gasteiger partial charge is 0.484 e. The highest BCUT2D eigenvalue weighted by atomic mass is 35.5. The van der Waals surface area contributed by atoms with Gasteiger partial charge >= 0.3 is 0 Å². The van der Waals surface area contributed by atoms with Crippen LogP contribution in [-0.4, -0.2) is 42.8 Å². The Balaban J connectivity index is 1.41. The second-order valence-electron chi connectivity index (χ2n) is 9.28. The smallest absolute Gasteiger partial charge is 0.261 e. The van der Waals surface area contributed by atoms with E-state index < -0.39 is 34.4 Å². The third kappa shape index (κ3) is 8.51. The van der Waals surface area contributed by atoms with Crippen molar-refractivity contribution < 1.29 is 27.1 Å². The number of aromatic nitrogens is 1. The monoisotopic (exact) mass is 610 g/mol. The number of halogens is 2. The summed E-state index contributed by atoms with van der Waals surface area (Å²) in [5.74, 6) is -1.04. The van der Waals surface area contributed by atoms with Crippen LogP contribution in [0.5, 0.6) is 5.75 Å². The third-order valence-corrected chi connectivity index (χ3v) is 7.86. The van der Waals surface area contributed by atoms with Crippen LogP contribution in [0.25, 0.3) is 0 Å². The molecule has 3 aromatic carbocycles. The predicted molar refractivity (Wildman–Crippen MR) is 157 cm³/mol. The zero-order chi connectivity index (χ0) is 30.1. The first-order valence-electron chi connectivity index (χ1n) is 12.8. The average Bonchev–Trinajstić information content (AvgIpc) is 3.00.